The minimum Gasteiger partial charge on any atom is -0.494 e. The fourth-order valence-corrected chi connectivity index (χ4v) is 2.58. The average Bonchev–Trinajstić information content (AvgIpc) is 2.65. The van der Waals surface area contributed by atoms with Crippen molar-refractivity contribution in [1.82, 2.24) is 0 Å². The van der Waals surface area contributed by atoms with Crippen LogP contribution in [0.1, 0.15) is 71.8 Å². The van der Waals surface area contributed by atoms with Crippen LogP contribution < -0.4 is 10.1 Å². The predicted octanol–water partition coefficient (Wildman–Crippen LogP) is 5.05. The van der Waals surface area contributed by atoms with Gasteiger partial charge in [0.15, 0.2) is 0 Å². The first-order chi connectivity index (χ1) is 12.5. The highest BCUT2D eigenvalue weighted by molar-refractivity contribution is 5.98. The number of hydrogen-bond donors (Lipinski definition) is 1. The summed E-state index contributed by atoms with van der Waals surface area (Å²) in [7, 11) is 0. The maximum Gasteiger partial charge on any atom is 0.256 e. The van der Waals surface area contributed by atoms with Crippen molar-refractivity contribution in [2.24, 2.45) is 0 Å². The number of nitriles is 1. The first kappa shape index (κ1) is 22.0. The first-order valence-corrected chi connectivity index (χ1v) is 9.63. The lowest BCUT2D eigenvalue weighted by atomic mass is 9.96. The van der Waals surface area contributed by atoms with E-state index in [0.717, 1.165) is 32.1 Å². The third-order valence-corrected chi connectivity index (χ3v) is 4.20. The van der Waals surface area contributed by atoms with Crippen LogP contribution in [0, 0.1) is 11.3 Å². The number of benzene rings is 1. The van der Waals surface area contributed by atoms with Crippen molar-refractivity contribution in [2.75, 3.05) is 18.5 Å². The van der Waals surface area contributed by atoms with Crippen molar-refractivity contribution in [3.8, 4) is 11.8 Å². The van der Waals surface area contributed by atoms with E-state index < -0.39 is 5.60 Å². The summed E-state index contributed by atoms with van der Waals surface area (Å²) in [4.78, 5) is 12.9. The molecule has 0 aromatic heterocycles. The Morgan fingerprint density at radius 1 is 1.15 bits per heavy atom. The number of anilines is 1. The summed E-state index contributed by atoms with van der Waals surface area (Å²) in [6.07, 6.45) is 5.48. The number of carbonyl (C=O) groups is 1. The van der Waals surface area contributed by atoms with E-state index in [1.807, 2.05) is 20.8 Å². The lowest BCUT2D eigenvalue weighted by Gasteiger charge is -2.29. The monoisotopic (exact) mass is 360 g/mol. The summed E-state index contributed by atoms with van der Waals surface area (Å²) in [6.45, 7) is 9.13. The van der Waals surface area contributed by atoms with Gasteiger partial charge in [-0.3, -0.25) is 4.79 Å². The molecule has 0 aliphatic heterocycles. The summed E-state index contributed by atoms with van der Waals surface area (Å²) >= 11 is 0. The highest BCUT2D eigenvalue weighted by Crippen LogP contribution is 2.26. The molecule has 0 spiro atoms. The van der Waals surface area contributed by atoms with Gasteiger partial charge in [0, 0.05) is 6.61 Å². The Morgan fingerprint density at radius 3 is 2.50 bits per heavy atom. The van der Waals surface area contributed by atoms with Crippen LogP contribution in [0.2, 0.25) is 0 Å². The molecule has 0 fully saturated rings. The molecular weight excluding hydrogens is 328 g/mol. The van der Waals surface area contributed by atoms with E-state index in [1.165, 1.54) is 0 Å². The van der Waals surface area contributed by atoms with Gasteiger partial charge in [-0.2, -0.15) is 5.26 Å². The van der Waals surface area contributed by atoms with Crippen molar-refractivity contribution in [1.29, 1.82) is 5.26 Å². The van der Waals surface area contributed by atoms with Crippen LogP contribution in [0.3, 0.4) is 0 Å². The van der Waals surface area contributed by atoms with E-state index in [9.17, 15) is 10.1 Å². The third-order valence-electron chi connectivity index (χ3n) is 4.20. The van der Waals surface area contributed by atoms with Crippen LogP contribution in [0.4, 0.5) is 5.69 Å². The fourth-order valence-electron chi connectivity index (χ4n) is 2.58. The molecule has 1 aromatic carbocycles. The van der Waals surface area contributed by atoms with E-state index in [1.54, 1.807) is 18.2 Å². The maximum atomic E-state index is 12.9. The fraction of sp³-hybridized carbons (Fsp3) is 0.619. The van der Waals surface area contributed by atoms with Gasteiger partial charge in [-0.15, -0.1) is 0 Å². The Morgan fingerprint density at radius 2 is 1.88 bits per heavy atom. The summed E-state index contributed by atoms with van der Waals surface area (Å²) in [5, 5.41) is 12.3. The lowest BCUT2D eigenvalue weighted by Crippen LogP contribution is -2.43. The van der Waals surface area contributed by atoms with Gasteiger partial charge >= 0.3 is 0 Å². The predicted molar refractivity (Wildman–Crippen MR) is 104 cm³/mol. The Labute approximate surface area is 157 Å². The smallest absolute Gasteiger partial charge is 0.256 e. The number of unbranched alkanes of at least 4 members (excludes halogenated alkanes) is 2. The minimum absolute atomic E-state index is 0.208. The maximum absolute atomic E-state index is 12.9. The molecule has 1 unspecified atom stereocenters. The van der Waals surface area contributed by atoms with Crippen LogP contribution in [0.25, 0.3) is 0 Å². The van der Waals surface area contributed by atoms with Gasteiger partial charge in [-0.05, 0) is 44.4 Å². The van der Waals surface area contributed by atoms with Crippen molar-refractivity contribution in [3.63, 3.8) is 0 Å². The number of ether oxygens (including phenoxy) is 2. The first-order valence-electron chi connectivity index (χ1n) is 9.63. The summed E-state index contributed by atoms with van der Waals surface area (Å²) in [5.41, 5.74) is -0.0172. The van der Waals surface area contributed by atoms with Crippen LogP contribution in [-0.4, -0.2) is 24.7 Å². The van der Waals surface area contributed by atoms with Crippen LogP contribution in [-0.2, 0) is 9.53 Å². The average molecular weight is 360 g/mol. The largest absolute Gasteiger partial charge is 0.494 e. The van der Waals surface area contributed by atoms with Gasteiger partial charge in [-0.25, -0.2) is 0 Å². The topological polar surface area (TPSA) is 71.3 Å². The molecule has 5 nitrogen and oxygen atoms in total. The number of nitrogens with one attached hydrogen (secondary N) is 1. The molecule has 26 heavy (non-hydrogen) atoms. The molecule has 0 radical (unpaired) electrons. The summed E-state index contributed by atoms with van der Waals surface area (Å²) in [5.74, 6) is 0.426. The number of hydrogen-bond acceptors (Lipinski definition) is 4. The van der Waals surface area contributed by atoms with Crippen molar-refractivity contribution in [3.05, 3.63) is 23.8 Å². The molecule has 5 heteroatoms. The van der Waals surface area contributed by atoms with Gasteiger partial charge in [0.05, 0.1) is 17.9 Å². The second-order valence-corrected chi connectivity index (χ2v) is 6.66. The number of carbonyl (C=O) groups excluding carboxylic acids is 1. The molecule has 144 valence electrons. The molecule has 0 aliphatic rings. The molecular formula is C21H32N2O3. The van der Waals surface area contributed by atoms with E-state index in [0.29, 0.717) is 36.6 Å². The highest BCUT2D eigenvalue weighted by atomic mass is 16.5. The van der Waals surface area contributed by atoms with Crippen molar-refractivity contribution in [2.45, 2.75) is 71.8 Å². The van der Waals surface area contributed by atoms with E-state index in [2.05, 4.69) is 18.3 Å². The highest BCUT2D eigenvalue weighted by Gasteiger charge is 2.34. The summed E-state index contributed by atoms with van der Waals surface area (Å²) in [6, 6.07) is 7.28. The molecule has 1 N–H and O–H groups in total. The normalized spacial score (nSPS) is 12.9. The van der Waals surface area contributed by atoms with E-state index >= 15 is 0 Å². The van der Waals surface area contributed by atoms with Crippen LogP contribution >= 0.6 is 0 Å². The lowest BCUT2D eigenvalue weighted by molar-refractivity contribution is -0.140. The quantitative estimate of drug-likeness (QED) is 0.529. The molecule has 0 aliphatic carbocycles. The Bertz CT molecular complexity index is 610. The van der Waals surface area contributed by atoms with Gasteiger partial charge in [0.1, 0.15) is 17.4 Å². The molecule has 1 aromatic rings. The second kappa shape index (κ2) is 11.5. The Balaban J connectivity index is 2.91. The number of rotatable bonds is 12. The third kappa shape index (κ3) is 6.68. The zero-order chi connectivity index (χ0) is 19.4. The van der Waals surface area contributed by atoms with Crippen LogP contribution in [0.15, 0.2) is 18.2 Å². The standard InChI is InChI=1S/C21H32N2O3/c1-5-8-9-12-21(4,26-14-7-3)20(24)23-19-11-10-18(25-13-6-2)15-17(19)16-22/h10-11,15H,5-9,12-14H2,1-4H3,(H,23,24). The zero-order valence-electron chi connectivity index (χ0n) is 16.6. The van der Waals surface area contributed by atoms with E-state index in [-0.39, 0.29) is 5.91 Å². The van der Waals surface area contributed by atoms with Crippen molar-refractivity contribution >= 4 is 11.6 Å². The molecule has 1 atom stereocenters. The van der Waals surface area contributed by atoms with Gasteiger partial charge < -0.3 is 14.8 Å². The minimum atomic E-state index is -0.894. The molecule has 0 saturated heterocycles. The zero-order valence-corrected chi connectivity index (χ0v) is 16.6. The van der Waals surface area contributed by atoms with Crippen LogP contribution in [0.5, 0.6) is 5.75 Å². The van der Waals surface area contributed by atoms with E-state index in [4.69, 9.17) is 9.47 Å². The molecule has 1 rings (SSSR count). The van der Waals surface area contributed by atoms with Gasteiger partial charge in [-0.1, -0.05) is 40.0 Å². The second-order valence-electron chi connectivity index (χ2n) is 6.66. The number of nitrogens with zero attached hydrogens (tertiary/aromatic N) is 1. The SMILES string of the molecule is CCCCCC(C)(OCCC)C(=O)Nc1ccc(OCCC)cc1C#N. The molecule has 0 saturated carbocycles. The Hall–Kier alpha value is -2.06. The molecule has 0 bridgehead atoms. The van der Waals surface area contributed by atoms with Crippen molar-refractivity contribution < 1.29 is 14.3 Å². The number of amides is 1. The van der Waals surface area contributed by atoms with Gasteiger partial charge in [0.25, 0.3) is 5.91 Å². The molecule has 0 heterocycles. The van der Waals surface area contributed by atoms with Gasteiger partial charge in [0.2, 0.25) is 0 Å². The Kier molecular flexibility index (Phi) is 9.75. The summed E-state index contributed by atoms with van der Waals surface area (Å²) < 4.78 is 11.4. The molecule has 1 amide bonds.